The van der Waals surface area contributed by atoms with E-state index in [1.165, 1.54) is 0 Å². The summed E-state index contributed by atoms with van der Waals surface area (Å²) in [6.07, 6.45) is 3.62. The molecule has 26 heavy (non-hydrogen) atoms. The number of amides is 3. The number of urea groups is 1. The second-order valence-electron chi connectivity index (χ2n) is 5.94. The summed E-state index contributed by atoms with van der Waals surface area (Å²) in [5.74, 6) is -0.434. The Morgan fingerprint density at radius 1 is 1.00 bits per heavy atom. The largest absolute Gasteiger partial charge is 0.342 e. The van der Waals surface area contributed by atoms with Crippen LogP contribution in [-0.4, -0.2) is 16.5 Å². The molecule has 1 saturated heterocycles. The third-order valence-corrected chi connectivity index (χ3v) is 4.92. The Balaban J connectivity index is 1.77. The maximum absolute atomic E-state index is 11.8. The first kappa shape index (κ1) is 16.7. The highest BCUT2D eigenvalue weighted by atomic mass is 35.5. The van der Waals surface area contributed by atoms with Crippen molar-refractivity contribution in [2.75, 3.05) is 0 Å². The van der Waals surface area contributed by atoms with Crippen LogP contribution >= 0.6 is 23.2 Å². The van der Waals surface area contributed by atoms with Gasteiger partial charge in [0, 0.05) is 29.2 Å². The number of para-hydroxylation sites is 1. The number of halogens is 2. The van der Waals surface area contributed by atoms with E-state index in [2.05, 4.69) is 15.2 Å². The molecule has 1 aliphatic rings. The van der Waals surface area contributed by atoms with Gasteiger partial charge >= 0.3 is 6.03 Å². The molecule has 7 heteroatoms. The van der Waals surface area contributed by atoms with E-state index in [1.807, 2.05) is 42.6 Å². The molecule has 0 radical (unpaired) electrons. The molecule has 0 atom stereocenters. The molecule has 3 amide bonds. The first-order valence-corrected chi connectivity index (χ1v) is 8.63. The quantitative estimate of drug-likeness (QED) is 0.524. The minimum Gasteiger partial charge on any atom is -0.342 e. The van der Waals surface area contributed by atoms with Crippen molar-refractivity contribution in [1.82, 2.24) is 15.2 Å². The van der Waals surface area contributed by atoms with Gasteiger partial charge in [-0.05, 0) is 29.8 Å². The van der Waals surface area contributed by atoms with Gasteiger partial charge < -0.3 is 9.88 Å². The third kappa shape index (κ3) is 3.07. The van der Waals surface area contributed by atoms with Gasteiger partial charge in [0.2, 0.25) is 0 Å². The van der Waals surface area contributed by atoms with E-state index in [-0.39, 0.29) is 5.70 Å². The molecule has 2 heterocycles. The number of hydrogen-bond acceptors (Lipinski definition) is 2. The van der Waals surface area contributed by atoms with Gasteiger partial charge in [0.05, 0.1) is 10.0 Å². The fourth-order valence-corrected chi connectivity index (χ4v) is 3.31. The van der Waals surface area contributed by atoms with Crippen molar-refractivity contribution < 1.29 is 9.59 Å². The number of fused-ring (bicyclic) bond motifs is 1. The van der Waals surface area contributed by atoms with Crippen molar-refractivity contribution >= 4 is 52.1 Å². The summed E-state index contributed by atoms with van der Waals surface area (Å²) in [4.78, 5) is 23.1. The van der Waals surface area contributed by atoms with E-state index < -0.39 is 11.9 Å². The number of imide groups is 1. The highest BCUT2D eigenvalue weighted by Crippen LogP contribution is 2.27. The number of nitrogens with one attached hydrogen (secondary N) is 2. The van der Waals surface area contributed by atoms with Gasteiger partial charge in [-0.15, -0.1) is 0 Å². The summed E-state index contributed by atoms with van der Waals surface area (Å²) >= 11 is 12.1. The van der Waals surface area contributed by atoms with Gasteiger partial charge in [-0.25, -0.2) is 4.79 Å². The van der Waals surface area contributed by atoms with Gasteiger partial charge in [0.15, 0.2) is 0 Å². The Hall–Kier alpha value is -2.76. The molecular weight excluding hydrogens is 373 g/mol. The van der Waals surface area contributed by atoms with Crippen LogP contribution in [0.5, 0.6) is 0 Å². The Morgan fingerprint density at radius 3 is 2.54 bits per heavy atom. The molecule has 1 fully saturated rings. The lowest BCUT2D eigenvalue weighted by Gasteiger charge is -2.06. The highest BCUT2D eigenvalue weighted by molar-refractivity contribution is 6.42. The Morgan fingerprint density at radius 2 is 1.81 bits per heavy atom. The van der Waals surface area contributed by atoms with Crippen molar-refractivity contribution in [1.29, 1.82) is 0 Å². The molecule has 2 N–H and O–H groups in total. The van der Waals surface area contributed by atoms with Crippen LogP contribution in [0.15, 0.2) is 54.4 Å². The second-order valence-corrected chi connectivity index (χ2v) is 6.76. The highest BCUT2D eigenvalue weighted by Gasteiger charge is 2.23. The fourth-order valence-electron chi connectivity index (χ4n) is 2.99. The minimum atomic E-state index is -0.513. The zero-order valence-electron chi connectivity index (χ0n) is 13.4. The average molecular weight is 386 g/mol. The Labute approximate surface area is 159 Å². The summed E-state index contributed by atoms with van der Waals surface area (Å²) in [7, 11) is 0. The van der Waals surface area contributed by atoms with E-state index >= 15 is 0 Å². The van der Waals surface area contributed by atoms with Gasteiger partial charge in [-0.2, -0.15) is 0 Å². The van der Waals surface area contributed by atoms with E-state index in [9.17, 15) is 9.59 Å². The van der Waals surface area contributed by atoms with E-state index in [0.29, 0.717) is 16.6 Å². The topological polar surface area (TPSA) is 63.1 Å². The molecule has 0 aliphatic carbocycles. The monoisotopic (exact) mass is 385 g/mol. The van der Waals surface area contributed by atoms with Crippen molar-refractivity contribution in [3.05, 3.63) is 75.5 Å². The number of carbonyl (C=O) groups is 2. The van der Waals surface area contributed by atoms with Gasteiger partial charge in [0.1, 0.15) is 5.70 Å². The van der Waals surface area contributed by atoms with Crippen molar-refractivity contribution in [2.45, 2.75) is 6.54 Å². The number of benzene rings is 2. The number of rotatable bonds is 3. The third-order valence-electron chi connectivity index (χ3n) is 4.18. The number of hydrogen-bond donors (Lipinski definition) is 2. The van der Waals surface area contributed by atoms with Crippen molar-refractivity contribution in [2.24, 2.45) is 0 Å². The van der Waals surface area contributed by atoms with Crippen LogP contribution < -0.4 is 10.6 Å². The molecule has 2 aromatic carbocycles. The fraction of sp³-hybridized carbons (Fsp3) is 0.0526. The molecule has 5 nitrogen and oxygen atoms in total. The summed E-state index contributed by atoms with van der Waals surface area (Å²) < 4.78 is 2.07. The summed E-state index contributed by atoms with van der Waals surface area (Å²) in [5.41, 5.74) is 3.09. The second kappa shape index (κ2) is 6.52. The lowest BCUT2D eigenvalue weighted by Crippen LogP contribution is -2.22. The summed E-state index contributed by atoms with van der Waals surface area (Å²) in [6, 6.07) is 12.9. The van der Waals surface area contributed by atoms with Crippen LogP contribution in [0.3, 0.4) is 0 Å². The summed E-state index contributed by atoms with van der Waals surface area (Å²) in [6.45, 7) is 0.596. The predicted molar refractivity (Wildman–Crippen MR) is 102 cm³/mol. The number of aromatic nitrogens is 1. The molecule has 0 spiro atoms. The Bertz CT molecular complexity index is 1090. The van der Waals surface area contributed by atoms with Crippen LogP contribution in [0.2, 0.25) is 10.0 Å². The van der Waals surface area contributed by atoms with Gasteiger partial charge in [-0.1, -0.05) is 47.5 Å². The van der Waals surface area contributed by atoms with Gasteiger partial charge in [0.25, 0.3) is 5.91 Å². The molecule has 4 rings (SSSR count). The smallest absolute Gasteiger partial charge is 0.326 e. The number of carbonyl (C=O) groups excluding carboxylic acids is 2. The van der Waals surface area contributed by atoms with Crippen molar-refractivity contribution in [3.8, 4) is 0 Å². The van der Waals surface area contributed by atoms with E-state index in [0.717, 1.165) is 22.0 Å². The average Bonchev–Trinajstić information content (AvgIpc) is 3.11. The number of nitrogens with zero attached hydrogens (tertiary/aromatic N) is 1. The first-order valence-electron chi connectivity index (χ1n) is 7.87. The molecule has 3 aromatic rings. The summed E-state index contributed by atoms with van der Waals surface area (Å²) in [5, 5.41) is 6.71. The van der Waals surface area contributed by atoms with Crippen LogP contribution in [0.1, 0.15) is 11.1 Å². The van der Waals surface area contributed by atoms with E-state index in [4.69, 9.17) is 23.2 Å². The van der Waals surface area contributed by atoms with Crippen LogP contribution in [0, 0.1) is 0 Å². The molecule has 0 saturated carbocycles. The molecule has 1 aliphatic heterocycles. The lowest BCUT2D eigenvalue weighted by molar-refractivity contribution is -0.115. The Kier molecular flexibility index (Phi) is 4.18. The minimum absolute atomic E-state index is 0.229. The molecule has 0 unspecified atom stereocenters. The maximum Gasteiger partial charge on any atom is 0.326 e. The van der Waals surface area contributed by atoms with Crippen molar-refractivity contribution in [3.63, 3.8) is 0 Å². The molecular formula is C19H13Cl2N3O2. The van der Waals surface area contributed by atoms with Gasteiger partial charge in [-0.3, -0.25) is 10.1 Å². The molecule has 130 valence electrons. The maximum atomic E-state index is 11.8. The molecule has 0 bridgehead atoms. The lowest BCUT2D eigenvalue weighted by atomic mass is 10.1. The first-order chi connectivity index (χ1) is 12.5. The van der Waals surface area contributed by atoms with Crippen LogP contribution in [-0.2, 0) is 11.3 Å². The van der Waals surface area contributed by atoms with Crippen LogP contribution in [0.25, 0.3) is 17.0 Å². The molecule has 1 aromatic heterocycles. The predicted octanol–water partition coefficient (Wildman–Crippen LogP) is 4.18. The zero-order chi connectivity index (χ0) is 18.3. The normalized spacial score (nSPS) is 15.5. The zero-order valence-corrected chi connectivity index (χ0v) is 14.9. The SMILES string of the molecule is O=C1NC(=O)/C(=C\c2cn(Cc3ccc(Cl)c(Cl)c3)c3ccccc23)N1. The van der Waals surface area contributed by atoms with E-state index in [1.54, 1.807) is 12.1 Å². The van der Waals surface area contributed by atoms with Crippen LogP contribution in [0.4, 0.5) is 4.79 Å². The standard InChI is InChI=1S/C19H13Cl2N3O2/c20-14-6-5-11(7-15(14)21)9-24-10-12(13-3-1-2-4-17(13)24)8-16-18(25)23-19(26)22-16/h1-8,10H,9H2,(H2,22,23,25,26)/b16-8+.